The van der Waals surface area contributed by atoms with Gasteiger partial charge in [-0.25, -0.2) is 4.98 Å². The standard InChI is InChI=1S/C24H21ClN2OS3/c1-14-6-11-17-20(12-14)31-24(22(17)23-26-18-4-2-3-5-19(18)30-23)27-21(28)13-29-16-9-7-15(25)8-10-16/h2-5,7-10,14H,6,11-13H2,1H3,(H,27,28). The first-order chi connectivity index (χ1) is 15.1. The molecule has 7 heteroatoms. The summed E-state index contributed by atoms with van der Waals surface area (Å²) < 4.78 is 1.18. The van der Waals surface area contributed by atoms with Gasteiger partial charge in [-0.2, -0.15) is 0 Å². The Morgan fingerprint density at radius 1 is 1.19 bits per heavy atom. The predicted molar refractivity (Wildman–Crippen MR) is 135 cm³/mol. The summed E-state index contributed by atoms with van der Waals surface area (Å²) in [7, 11) is 0. The molecule has 0 bridgehead atoms. The number of nitrogens with one attached hydrogen (secondary N) is 1. The molecule has 1 N–H and O–H groups in total. The van der Waals surface area contributed by atoms with Crippen LogP contribution in [0.1, 0.15) is 23.8 Å². The number of benzene rings is 2. The van der Waals surface area contributed by atoms with Crippen molar-refractivity contribution in [3.63, 3.8) is 0 Å². The van der Waals surface area contributed by atoms with E-state index in [1.807, 2.05) is 36.4 Å². The van der Waals surface area contributed by atoms with Gasteiger partial charge in [-0.15, -0.1) is 34.4 Å². The van der Waals surface area contributed by atoms with Crippen molar-refractivity contribution in [1.82, 2.24) is 4.98 Å². The van der Waals surface area contributed by atoms with E-state index >= 15 is 0 Å². The molecule has 0 saturated carbocycles. The maximum atomic E-state index is 12.8. The topological polar surface area (TPSA) is 42.0 Å². The first-order valence-corrected chi connectivity index (χ1v) is 13.2. The summed E-state index contributed by atoms with van der Waals surface area (Å²) in [5.41, 5.74) is 3.53. The van der Waals surface area contributed by atoms with Gasteiger partial charge in [0.05, 0.1) is 16.0 Å². The number of thiazole rings is 1. The largest absolute Gasteiger partial charge is 0.316 e. The van der Waals surface area contributed by atoms with E-state index in [2.05, 4.69) is 24.4 Å². The minimum absolute atomic E-state index is 0.00829. The van der Waals surface area contributed by atoms with Crippen molar-refractivity contribution in [3.05, 3.63) is 64.0 Å². The van der Waals surface area contributed by atoms with E-state index in [1.165, 1.54) is 33.3 Å². The van der Waals surface area contributed by atoms with Gasteiger partial charge in [-0.05, 0) is 67.1 Å². The van der Waals surface area contributed by atoms with Crippen LogP contribution in [0, 0.1) is 5.92 Å². The number of thioether (sulfide) groups is 1. The number of rotatable bonds is 5. The fourth-order valence-corrected chi connectivity index (χ4v) is 7.25. The third-order valence-electron chi connectivity index (χ3n) is 5.46. The van der Waals surface area contributed by atoms with Crippen molar-refractivity contribution in [3.8, 4) is 10.6 Å². The minimum atomic E-state index is 0.00829. The number of hydrogen-bond donors (Lipinski definition) is 1. The van der Waals surface area contributed by atoms with Crippen LogP contribution >= 0.6 is 46.0 Å². The highest BCUT2D eigenvalue weighted by molar-refractivity contribution is 8.00. The number of amides is 1. The molecule has 0 spiro atoms. The number of fused-ring (bicyclic) bond motifs is 2. The van der Waals surface area contributed by atoms with Crippen LogP contribution in [0.4, 0.5) is 5.00 Å². The van der Waals surface area contributed by atoms with Crippen LogP contribution in [-0.2, 0) is 17.6 Å². The molecule has 0 aliphatic heterocycles. The highest BCUT2D eigenvalue weighted by Gasteiger charge is 2.27. The lowest BCUT2D eigenvalue weighted by Crippen LogP contribution is -2.13. The maximum Gasteiger partial charge on any atom is 0.235 e. The zero-order valence-corrected chi connectivity index (χ0v) is 20.2. The first kappa shape index (κ1) is 21.0. The molecule has 0 saturated heterocycles. The molecule has 1 atom stereocenters. The molecular formula is C24H21ClN2OS3. The predicted octanol–water partition coefficient (Wildman–Crippen LogP) is 7.53. The molecule has 2 aromatic heterocycles. The molecular weight excluding hydrogens is 464 g/mol. The molecule has 1 unspecified atom stereocenters. The number of thiophene rings is 1. The number of halogens is 1. The van der Waals surface area contributed by atoms with Gasteiger partial charge in [0.2, 0.25) is 5.91 Å². The molecule has 1 amide bonds. The number of nitrogens with zero attached hydrogens (tertiary/aromatic N) is 1. The van der Waals surface area contributed by atoms with Crippen molar-refractivity contribution in [2.45, 2.75) is 31.1 Å². The third-order valence-corrected chi connectivity index (χ3v) is 8.94. The lowest BCUT2D eigenvalue weighted by molar-refractivity contribution is -0.113. The average molecular weight is 485 g/mol. The zero-order chi connectivity index (χ0) is 21.4. The SMILES string of the molecule is CC1CCc2c(sc(NC(=O)CSc3ccc(Cl)cc3)c2-c2nc3ccccc3s2)C1. The lowest BCUT2D eigenvalue weighted by atomic mass is 9.88. The monoisotopic (exact) mass is 484 g/mol. The normalized spacial score (nSPS) is 15.7. The Bertz CT molecular complexity index is 1210. The molecule has 1 aliphatic carbocycles. The van der Waals surface area contributed by atoms with Crippen LogP contribution in [-0.4, -0.2) is 16.6 Å². The van der Waals surface area contributed by atoms with Crippen LogP contribution < -0.4 is 5.32 Å². The molecule has 1 aliphatic rings. The fraction of sp³-hybridized carbons (Fsp3) is 0.250. The smallest absolute Gasteiger partial charge is 0.235 e. The summed E-state index contributed by atoms with van der Waals surface area (Å²) in [5, 5.41) is 5.86. The molecule has 4 aromatic rings. The van der Waals surface area contributed by atoms with Crippen molar-refractivity contribution >= 4 is 67.2 Å². The number of para-hydroxylation sites is 1. The van der Waals surface area contributed by atoms with Gasteiger partial charge in [0.1, 0.15) is 10.0 Å². The zero-order valence-electron chi connectivity index (χ0n) is 17.0. The molecule has 31 heavy (non-hydrogen) atoms. The average Bonchev–Trinajstić information content (AvgIpc) is 3.33. The van der Waals surface area contributed by atoms with Gasteiger partial charge in [0.25, 0.3) is 0 Å². The van der Waals surface area contributed by atoms with Crippen molar-refractivity contribution in [2.75, 3.05) is 11.1 Å². The summed E-state index contributed by atoms with van der Waals surface area (Å²) in [4.78, 5) is 20.2. The molecule has 0 fully saturated rings. The Morgan fingerprint density at radius 2 is 2.00 bits per heavy atom. The second kappa shape index (κ2) is 8.94. The van der Waals surface area contributed by atoms with Gasteiger partial charge in [-0.3, -0.25) is 4.79 Å². The van der Waals surface area contributed by atoms with Crippen LogP contribution in [0.25, 0.3) is 20.8 Å². The first-order valence-electron chi connectivity index (χ1n) is 10.3. The number of aromatic nitrogens is 1. The van der Waals surface area contributed by atoms with E-state index in [1.54, 1.807) is 22.7 Å². The number of carbonyl (C=O) groups excluding carboxylic acids is 1. The molecule has 3 nitrogen and oxygen atoms in total. The molecule has 2 aromatic carbocycles. The molecule has 2 heterocycles. The van der Waals surface area contributed by atoms with Gasteiger partial charge < -0.3 is 5.32 Å². The van der Waals surface area contributed by atoms with Crippen molar-refractivity contribution in [2.24, 2.45) is 5.92 Å². The highest BCUT2D eigenvalue weighted by Crippen LogP contribution is 2.47. The molecule has 0 radical (unpaired) electrons. The van der Waals surface area contributed by atoms with Gasteiger partial charge >= 0.3 is 0 Å². The Balaban J connectivity index is 1.43. The summed E-state index contributed by atoms with van der Waals surface area (Å²) in [6.07, 6.45) is 3.31. The van der Waals surface area contributed by atoms with Crippen molar-refractivity contribution < 1.29 is 4.79 Å². The fourth-order valence-electron chi connectivity index (χ4n) is 3.89. The van der Waals surface area contributed by atoms with Crippen LogP contribution in [0.5, 0.6) is 0 Å². The second-order valence-electron chi connectivity index (χ2n) is 7.83. The second-order valence-corrected chi connectivity index (χ2v) is 11.5. The van der Waals surface area contributed by atoms with E-state index < -0.39 is 0 Å². The highest BCUT2D eigenvalue weighted by atomic mass is 35.5. The minimum Gasteiger partial charge on any atom is -0.316 e. The Morgan fingerprint density at radius 3 is 2.81 bits per heavy atom. The number of hydrogen-bond acceptors (Lipinski definition) is 5. The third kappa shape index (κ3) is 4.53. The maximum absolute atomic E-state index is 12.8. The number of anilines is 1. The summed E-state index contributed by atoms with van der Waals surface area (Å²) in [6, 6.07) is 15.8. The van der Waals surface area contributed by atoms with E-state index in [0.717, 1.165) is 38.8 Å². The van der Waals surface area contributed by atoms with E-state index in [9.17, 15) is 4.79 Å². The summed E-state index contributed by atoms with van der Waals surface area (Å²) >= 11 is 10.9. The summed E-state index contributed by atoms with van der Waals surface area (Å²) in [6.45, 7) is 2.31. The van der Waals surface area contributed by atoms with Crippen LogP contribution in [0.3, 0.4) is 0 Å². The van der Waals surface area contributed by atoms with Gasteiger partial charge in [0, 0.05) is 20.4 Å². The van der Waals surface area contributed by atoms with Gasteiger partial charge in [-0.1, -0.05) is 30.7 Å². The van der Waals surface area contributed by atoms with E-state index in [0.29, 0.717) is 16.7 Å². The quantitative estimate of drug-likeness (QED) is 0.297. The molecule has 158 valence electrons. The Kier molecular flexibility index (Phi) is 6.06. The van der Waals surface area contributed by atoms with Gasteiger partial charge in [0.15, 0.2) is 0 Å². The van der Waals surface area contributed by atoms with Crippen molar-refractivity contribution in [1.29, 1.82) is 0 Å². The Labute approximate surface area is 198 Å². The van der Waals surface area contributed by atoms with E-state index in [4.69, 9.17) is 16.6 Å². The number of carbonyl (C=O) groups is 1. The van der Waals surface area contributed by atoms with E-state index in [-0.39, 0.29) is 5.91 Å². The lowest BCUT2D eigenvalue weighted by Gasteiger charge is -2.18. The Hall–Kier alpha value is -1.86. The van der Waals surface area contributed by atoms with Crippen LogP contribution in [0.2, 0.25) is 5.02 Å². The molecule has 5 rings (SSSR count). The van der Waals surface area contributed by atoms with Crippen LogP contribution in [0.15, 0.2) is 53.4 Å². The summed E-state index contributed by atoms with van der Waals surface area (Å²) in [5.74, 6) is 1.05.